The minimum atomic E-state index is -0.394. The number of amides is 2. The summed E-state index contributed by atoms with van der Waals surface area (Å²) >= 11 is 0. The number of phenols is 2. The third-order valence-corrected chi connectivity index (χ3v) is 3.99. The summed E-state index contributed by atoms with van der Waals surface area (Å²) in [6, 6.07) is 4.46. The van der Waals surface area contributed by atoms with Gasteiger partial charge in [0.1, 0.15) is 0 Å². The molecule has 1 aromatic rings. The Morgan fingerprint density at radius 3 is 2.59 bits per heavy atom. The molecule has 22 heavy (non-hydrogen) atoms. The summed E-state index contributed by atoms with van der Waals surface area (Å²) in [5, 5.41) is 24.4. The van der Waals surface area contributed by atoms with Crippen molar-refractivity contribution < 1.29 is 19.8 Å². The number of benzene rings is 1. The Morgan fingerprint density at radius 2 is 1.95 bits per heavy atom. The third-order valence-electron chi connectivity index (χ3n) is 3.99. The molecule has 0 bridgehead atoms. The Kier molecular flexibility index (Phi) is 5.38. The molecule has 1 heterocycles. The summed E-state index contributed by atoms with van der Waals surface area (Å²) in [7, 11) is 0. The van der Waals surface area contributed by atoms with Gasteiger partial charge in [-0.1, -0.05) is 13.0 Å². The smallest absolute Gasteiger partial charge is 0.229 e. The van der Waals surface area contributed by atoms with E-state index in [1.807, 2.05) is 0 Å². The third kappa shape index (κ3) is 4.21. The number of hydrogen-bond acceptors (Lipinski definition) is 5. The van der Waals surface area contributed by atoms with E-state index >= 15 is 0 Å². The van der Waals surface area contributed by atoms with Crippen molar-refractivity contribution in [3.05, 3.63) is 23.8 Å². The molecule has 1 fully saturated rings. The van der Waals surface area contributed by atoms with E-state index < -0.39 is 5.92 Å². The van der Waals surface area contributed by atoms with Crippen LogP contribution >= 0.6 is 0 Å². The second kappa shape index (κ2) is 7.26. The van der Waals surface area contributed by atoms with Gasteiger partial charge in [0.25, 0.3) is 0 Å². The summed E-state index contributed by atoms with van der Waals surface area (Å²) in [5.74, 6) is -1.41. The van der Waals surface area contributed by atoms with Gasteiger partial charge >= 0.3 is 0 Å². The van der Waals surface area contributed by atoms with E-state index in [2.05, 4.69) is 10.6 Å². The first-order valence-electron chi connectivity index (χ1n) is 7.53. The Hall–Kier alpha value is -2.08. The zero-order valence-electron chi connectivity index (χ0n) is 12.6. The quantitative estimate of drug-likeness (QED) is 0.620. The second-order valence-electron chi connectivity index (χ2n) is 5.81. The number of imide groups is 1. The first-order chi connectivity index (χ1) is 10.5. The first kappa shape index (κ1) is 16.3. The highest BCUT2D eigenvalue weighted by Gasteiger charge is 2.24. The Labute approximate surface area is 129 Å². The monoisotopic (exact) mass is 306 g/mol. The van der Waals surface area contributed by atoms with Crippen LogP contribution in [0.4, 0.5) is 0 Å². The van der Waals surface area contributed by atoms with Crippen LogP contribution in [0.15, 0.2) is 18.2 Å². The molecule has 6 heteroatoms. The van der Waals surface area contributed by atoms with Crippen LogP contribution in [0.5, 0.6) is 11.5 Å². The van der Waals surface area contributed by atoms with E-state index in [1.165, 1.54) is 12.1 Å². The van der Waals surface area contributed by atoms with Crippen LogP contribution in [0.1, 0.15) is 25.3 Å². The molecule has 1 unspecified atom stereocenters. The number of phenolic OH excluding ortho intramolecular Hbond substituents is 2. The van der Waals surface area contributed by atoms with E-state index in [1.54, 1.807) is 13.0 Å². The van der Waals surface area contributed by atoms with Crippen LogP contribution in [0, 0.1) is 11.8 Å². The molecule has 0 spiro atoms. The Balaban J connectivity index is 1.88. The molecular formula is C16H22N2O4. The molecule has 1 atom stereocenters. The molecule has 6 nitrogen and oxygen atoms in total. The molecule has 1 aromatic carbocycles. The van der Waals surface area contributed by atoms with Gasteiger partial charge in [0, 0.05) is 11.8 Å². The SMILES string of the molecule is CC(Cc1ccc(O)c(O)c1)C(=O)NC(=O)C1CCNCC1. The van der Waals surface area contributed by atoms with Crippen molar-refractivity contribution >= 4 is 11.8 Å². The van der Waals surface area contributed by atoms with Gasteiger partial charge < -0.3 is 15.5 Å². The van der Waals surface area contributed by atoms with Gasteiger partial charge in [-0.25, -0.2) is 0 Å². The number of nitrogens with one attached hydrogen (secondary N) is 2. The summed E-state index contributed by atoms with van der Waals surface area (Å²) in [6.45, 7) is 3.33. The van der Waals surface area contributed by atoms with Crippen LogP contribution < -0.4 is 10.6 Å². The Bertz CT molecular complexity index is 553. The fourth-order valence-electron chi connectivity index (χ4n) is 2.57. The largest absolute Gasteiger partial charge is 0.504 e. The van der Waals surface area contributed by atoms with E-state index in [0.717, 1.165) is 31.5 Å². The van der Waals surface area contributed by atoms with Crippen molar-refractivity contribution in [3.8, 4) is 11.5 Å². The van der Waals surface area contributed by atoms with Crippen LogP contribution in [0.2, 0.25) is 0 Å². The number of carbonyl (C=O) groups excluding carboxylic acids is 2. The molecule has 4 N–H and O–H groups in total. The normalized spacial score (nSPS) is 17.0. The second-order valence-corrected chi connectivity index (χ2v) is 5.81. The minimum absolute atomic E-state index is 0.102. The van der Waals surface area contributed by atoms with Crippen LogP contribution in [-0.2, 0) is 16.0 Å². The number of aromatic hydroxyl groups is 2. The highest BCUT2D eigenvalue weighted by Crippen LogP contribution is 2.26. The predicted molar refractivity (Wildman–Crippen MR) is 81.4 cm³/mol. The fourth-order valence-corrected chi connectivity index (χ4v) is 2.57. The van der Waals surface area contributed by atoms with E-state index in [4.69, 9.17) is 0 Å². The van der Waals surface area contributed by atoms with Crippen molar-refractivity contribution in [1.29, 1.82) is 0 Å². The highest BCUT2D eigenvalue weighted by molar-refractivity contribution is 5.97. The van der Waals surface area contributed by atoms with Gasteiger partial charge in [-0.2, -0.15) is 0 Å². The van der Waals surface area contributed by atoms with E-state index in [0.29, 0.717) is 6.42 Å². The van der Waals surface area contributed by atoms with E-state index in [9.17, 15) is 19.8 Å². The van der Waals surface area contributed by atoms with E-state index in [-0.39, 0.29) is 29.2 Å². The Morgan fingerprint density at radius 1 is 1.27 bits per heavy atom. The van der Waals surface area contributed by atoms with Gasteiger partial charge in [-0.05, 0) is 50.0 Å². The molecule has 1 saturated heterocycles. The van der Waals surface area contributed by atoms with Gasteiger partial charge in [0.05, 0.1) is 0 Å². The molecule has 2 amide bonds. The van der Waals surface area contributed by atoms with Crippen molar-refractivity contribution in [2.45, 2.75) is 26.2 Å². The van der Waals surface area contributed by atoms with Gasteiger partial charge in [-0.3, -0.25) is 14.9 Å². The maximum absolute atomic E-state index is 12.1. The highest BCUT2D eigenvalue weighted by atomic mass is 16.3. The fraction of sp³-hybridized carbons (Fsp3) is 0.500. The molecule has 2 rings (SSSR count). The maximum atomic E-state index is 12.1. The molecule has 1 aliphatic heterocycles. The van der Waals surface area contributed by atoms with Crippen molar-refractivity contribution in [1.82, 2.24) is 10.6 Å². The molecule has 0 aromatic heterocycles. The van der Waals surface area contributed by atoms with Gasteiger partial charge in [0.2, 0.25) is 11.8 Å². The average molecular weight is 306 g/mol. The maximum Gasteiger partial charge on any atom is 0.229 e. The van der Waals surface area contributed by atoms with Crippen molar-refractivity contribution in [2.24, 2.45) is 11.8 Å². The first-order valence-corrected chi connectivity index (χ1v) is 7.53. The van der Waals surface area contributed by atoms with Gasteiger partial charge in [0.15, 0.2) is 11.5 Å². The summed E-state index contributed by atoms with van der Waals surface area (Å²) in [6.07, 6.45) is 1.89. The lowest BCUT2D eigenvalue weighted by Gasteiger charge is -2.22. The van der Waals surface area contributed by atoms with Crippen LogP contribution in [0.3, 0.4) is 0 Å². The van der Waals surface area contributed by atoms with Crippen LogP contribution in [-0.4, -0.2) is 35.1 Å². The van der Waals surface area contributed by atoms with Gasteiger partial charge in [-0.15, -0.1) is 0 Å². The van der Waals surface area contributed by atoms with Crippen molar-refractivity contribution in [3.63, 3.8) is 0 Å². The standard InChI is InChI=1S/C16H22N2O4/c1-10(8-11-2-3-13(19)14(20)9-11)15(21)18-16(22)12-4-6-17-7-5-12/h2-3,9-10,12,17,19-20H,4-8H2,1H3,(H,18,21,22). The lowest BCUT2D eigenvalue weighted by Crippen LogP contribution is -2.42. The number of rotatable bonds is 4. The molecule has 0 aliphatic carbocycles. The summed E-state index contributed by atoms with van der Waals surface area (Å²) in [5.41, 5.74) is 0.729. The average Bonchev–Trinajstić information content (AvgIpc) is 2.51. The lowest BCUT2D eigenvalue weighted by molar-refractivity contribution is -0.135. The number of carbonyl (C=O) groups is 2. The topological polar surface area (TPSA) is 98.7 Å². The zero-order chi connectivity index (χ0) is 16.1. The minimum Gasteiger partial charge on any atom is -0.504 e. The summed E-state index contributed by atoms with van der Waals surface area (Å²) < 4.78 is 0. The number of hydrogen-bond donors (Lipinski definition) is 4. The molecular weight excluding hydrogens is 284 g/mol. The predicted octanol–water partition coefficient (Wildman–Crippen LogP) is 0.919. The molecule has 0 radical (unpaired) electrons. The van der Waals surface area contributed by atoms with Crippen LogP contribution in [0.25, 0.3) is 0 Å². The zero-order valence-corrected chi connectivity index (χ0v) is 12.6. The van der Waals surface area contributed by atoms with Crippen molar-refractivity contribution in [2.75, 3.05) is 13.1 Å². The number of piperidine rings is 1. The summed E-state index contributed by atoms with van der Waals surface area (Å²) in [4.78, 5) is 24.1. The molecule has 1 aliphatic rings. The molecule has 120 valence electrons. The molecule has 0 saturated carbocycles. The lowest BCUT2D eigenvalue weighted by atomic mass is 9.96.